The lowest BCUT2D eigenvalue weighted by Crippen LogP contribution is -2.08. The van der Waals surface area contributed by atoms with Gasteiger partial charge < -0.3 is 20.5 Å². The van der Waals surface area contributed by atoms with E-state index in [-0.39, 0.29) is 12.2 Å². The van der Waals surface area contributed by atoms with E-state index in [0.29, 0.717) is 22.7 Å². The number of nitrogens with one attached hydrogen (secondary N) is 1. The Balaban J connectivity index is 1.78. The van der Waals surface area contributed by atoms with Crippen molar-refractivity contribution in [3.8, 4) is 5.75 Å². The maximum Gasteiger partial charge on any atom is 0.224 e. The number of hydrogen-bond acceptors (Lipinski definition) is 7. The van der Waals surface area contributed by atoms with Crippen molar-refractivity contribution in [3.63, 3.8) is 0 Å². The number of ether oxygens (including phenoxy) is 2. The number of fused-ring (bicyclic) bond motifs is 1. The van der Waals surface area contributed by atoms with Gasteiger partial charge in [-0.3, -0.25) is 4.57 Å². The first-order valence-electron chi connectivity index (χ1n) is 7.78. The van der Waals surface area contributed by atoms with Crippen LogP contribution in [0.15, 0.2) is 30.6 Å². The molecule has 0 bridgehead atoms. The Hall–Kier alpha value is -2.87. The number of para-hydroxylation sites is 2. The average Bonchev–Trinajstić information content (AvgIpc) is 3.24. The van der Waals surface area contributed by atoms with E-state index in [1.54, 1.807) is 13.4 Å². The molecule has 2 aromatic heterocycles. The van der Waals surface area contributed by atoms with E-state index in [2.05, 4.69) is 20.3 Å². The molecule has 1 fully saturated rings. The minimum absolute atomic E-state index is 0.0524. The van der Waals surface area contributed by atoms with Crippen molar-refractivity contribution in [1.82, 2.24) is 19.5 Å². The number of imidazole rings is 1. The van der Waals surface area contributed by atoms with Crippen LogP contribution in [0.4, 0.5) is 17.5 Å². The molecule has 8 nitrogen and oxygen atoms in total. The Morgan fingerprint density at radius 2 is 2.21 bits per heavy atom. The first kappa shape index (κ1) is 14.7. The first-order valence-corrected chi connectivity index (χ1v) is 7.78. The second-order valence-corrected chi connectivity index (χ2v) is 5.55. The molecule has 0 spiro atoms. The number of nitrogens with two attached hydrogens (primary N) is 1. The van der Waals surface area contributed by atoms with Crippen LogP contribution >= 0.6 is 0 Å². The molecule has 3 N–H and O–H groups in total. The highest BCUT2D eigenvalue weighted by Crippen LogP contribution is 2.32. The topological polar surface area (TPSA) is 100 Å². The van der Waals surface area contributed by atoms with E-state index in [0.717, 1.165) is 25.1 Å². The van der Waals surface area contributed by atoms with E-state index < -0.39 is 0 Å². The summed E-state index contributed by atoms with van der Waals surface area (Å²) in [5.74, 6) is 1.43. The van der Waals surface area contributed by atoms with Crippen LogP contribution in [-0.2, 0) is 4.74 Å². The van der Waals surface area contributed by atoms with E-state index in [1.165, 1.54) is 0 Å². The Bertz CT molecular complexity index is 872. The third kappa shape index (κ3) is 2.50. The number of hydrogen-bond donors (Lipinski definition) is 2. The van der Waals surface area contributed by atoms with E-state index in [4.69, 9.17) is 15.2 Å². The van der Waals surface area contributed by atoms with Gasteiger partial charge in [-0.15, -0.1) is 0 Å². The molecule has 0 aliphatic carbocycles. The van der Waals surface area contributed by atoms with E-state index in [1.807, 2.05) is 28.8 Å². The maximum absolute atomic E-state index is 5.90. The smallest absolute Gasteiger partial charge is 0.224 e. The minimum atomic E-state index is -0.0524. The van der Waals surface area contributed by atoms with Gasteiger partial charge in [-0.1, -0.05) is 12.1 Å². The van der Waals surface area contributed by atoms with Gasteiger partial charge in [-0.05, 0) is 25.0 Å². The molecule has 1 saturated heterocycles. The Labute approximate surface area is 138 Å². The summed E-state index contributed by atoms with van der Waals surface area (Å²) >= 11 is 0. The van der Waals surface area contributed by atoms with Gasteiger partial charge in [-0.25, -0.2) is 4.98 Å². The van der Waals surface area contributed by atoms with E-state index in [9.17, 15) is 0 Å². The molecule has 0 amide bonds. The molecule has 124 valence electrons. The predicted molar refractivity (Wildman–Crippen MR) is 90.2 cm³/mol. The van der Waals surface area contributed by atoms with Crippen molar-refractivity contribution in [2.24, 2.45) is 0 Å². The second-order valence-electron chi connectivity index (χ2n) is 5.55. The summed E-state index contributed by atoms with van der Waals surface area (Å²) in [5, 5.41) is 3.24. The molecule has 24 heavy (non-hydrogen) atoms. The molecule has 3 aromatic rings. The maximum atomic E-state index is 5.90. The molecule has 3 heterocycles. The van der Waals surface area contributed by atoms with Crippen LogP contribution in [0.2, 0.25) is 0 Å². The molecule has 1 aliphatic rings. The molecule has 0 saturated carbocycles. The van der Waals surface area contributed by atoms with Crippen LogP contribution in [0.1, 0.15) is 19.1 Å². The summed E-state index contributed by atoms with van der Waals surface area (Å²) in [6, 6.07) is 7.59. The van der Waals surface area contributed by atoms with Gasteiger partial charge in [0.05, 0.1) is 19.1 Å². The highest BCUT2D eigenvalue weighted by atomic mass is 16.5. The number of benzene rings is 1. The zero-order valence-corrected chi connectivity index (χ0v) is 13.3. The van der Waals surface area contributed by atoms with Crippen LogP contribution in [0.25, 0.3) is 11.2 Å². The molecule has 1 aliphatic heterocycles. The summed E-state index contributed by atoms with van der Waals surface area (Å²) in [4.78, 5) is 13.1. The number of nitrogen functional groups attached to an aromatic ring is 1. The van der Waals surface area contributed by atoms with Gasteiger partial charge in [0.1, 0.15) is 12.0 Å². The predicted octanol–water partition coefficient (Wildman–Crippen LogP) is 2.47. The highest BCUT2D eigenvalue weighted by Gasteiger charge is 2.22. The third-order valence-electron chi connectivity index (χ3n) is 4.01. The van der Waals surface area contributed by atoms with Crippen molar-refractivity contribution in [1.29, 1.82) is 0 Å². The minimum Gasteiger partial charge on any atom is -0.495 e. The first-order chi connectivity index (χ1) is 11.8. The number of anilines is 3. The second kappa shape index (κ2) is 5.97. The van der Waals surface area contributed by atoms with Gasteiger partial charge in [0.25, 0.3) is 0 Å². The Morgan fingerprint density at radius 3 is 3.00 bits per heavy atom. The molecule has 1 atom stereocenters. The molecular weight excluding hydrogens is 308 g/mol. The van der Waals surface area contributed by atoms with Crippen molar-refractivity contribution in [2.75, 3.05) is 24.8 Å². The monoisotopic (exact) mass is 326 g/mol. The molecule has 1 unspecified atom stereocenters. The van der Waals surface area contributed by atoms with Gasteiger partial charge >= 0.3 is 0 Å². The fraction of sp³-hybridized carbons (Fsp3) is 0.312. The number of aromatic nitrogens is 4. The molecule has 4 rings (SSSR count). The molecule has 1 aromatic carbocycles. The van der Waals surface area contributed by atoms with Crippen LogP contribution in [0.5, 0.6) is 5.75 Å². The average molecular weight is 326 g/mol. The lowest BCUT2D eigenvalue weighted by Gasteiger charge is -2.13. The van der Waals surface area contributed by atoms with Crippen molar-refractivity contribution < 1.29 is 9.47 Å². The third-order valence-corrected chi connectivity index (χ3v) is 4.01. The Morgan fingerprint density at radius 1 is 1.33 bits per heavy atom. The van der Waals surface area contributed by atoms with Gasteiger partial charge in [0.2, 0.25) is 5.95 Å². The van der Waals surface area contributed by atoms with Crippen LogP contribution < -0.4 is 15.8 Å². The Kier molecular flexibility index (Phi) is 3.66. The number of rotatable bonds is 4. The number of nitrogens with zero attached hydrogens (tertiary/aromatic N) is 4. The standard InChI is InChI=1S/C16H18N6O2/c1-23-11-6-3-2-5-10(11)19-14-13-15(21-16(17)20-14)22(9-18-13)12-7-4-8-24-12/h2-3,5-6,9,12H,4,7-8H2,1H3,(H3,17,19,20,21). The molecule has 0 radical (unpaired) electrons. The highest BCUT2D eigenvalue weighted by molar-refractivity contribution is 5.87. The normalized spacial score (nSPS) is 17.3. The van der Waals surface area contributed by atoms with Crippen molar-refractivity contribution >= 4 is 28.6 Å². The fourth-order valence-corrected chi connectivity index (χ4v) is 2.89. The van der Waals surface area contributed by atoms with Crippen LogP contribution in [0, 0.1) is 0 Å². The SMILES string of the molecule is COc1ccccc1Nc1nc(N)nc2c1ncn2C1CCCO1. The summed E-state index contributed by atoms with van der Waals surface area (Å²) in [5.41, 5.74) is 7.99. The summed E-state index contributed by atoms with van der Waals surface area (Å²) in [6.45, 7) is 0.747. The van der Waals surface area contributed by atoms with Crippen LogP contribution in [0.3, 0.4) is 0 Å². The van der Waals surface area contributed by atoms with Crippen molar-refractivity contribution in [3.05, 3.63) is 30.6 Å². The zero-order valence-electron chi connectivity index (χ0n) is 13.3. The summed E-state index contributed by atoms with van der Waals surface area (Å²) in [6.07, 6.45) is 3.63. The van der Waals surface area contributed by atoms with Crippen LogP contribution in [-0.4, -0.2) is 33.2 Å². The number of methoxy groups -OCH3 is 1. The lowest BCUT2D eigenvalue weighted by molar-refractivity contribution is 0.0593. The molecular formula is C16H18N6O2. The zero-order chi connectivity index (χ0) is 16.5. The quantitative estimate of drug-likeness (QED) is 0.759. The van der Waals surface area contributed by atoms with Gasteiger partial charge in [-0.2, -0.15) is 9.97 Å². The van der Waals surface area contributed by atoms with Crippen molar-refractivity contribution in [2.45, 2.75) is 19.1 Å². The molecule has 8 heteroatoms. The lowest BCUT2D eigenvalue weighted by atomic mass is 10.3. The van der Waals surface area contributed by atoms with Gasteiger partial charge in [0.15, 0.2) is 17.0 Å². The fourth-order valence-electron chi connectivity index (χ4n) is 2.89. The van der Waals surface area contributed by atoms with Gasteiger partial charge in [0, 0.05) is 6.61 Å². The summed E-state index contributed by atoms with van der Waals surface area (Å²) < 4.78 is 13.0. The largest absolute Gasteiger partial charge is 0.495 e. The van der Waals surface area contributed by atoms with E-state index >= 15 is 0 Å². The summed E-state index contributed by atoms with van der Waals surface area (Å²) in [7, 11) is 1.62.